The van der Waals surface area contributed by atoms with E-state index in [0.717, 1.165) is 10.9 Å². The van der Waals surface area contributed by atoms with Gasteiger partial charge >= 0.3 is 0 Å². The first-order valence-electron chi connectivity index (χ1n) is 8.11. The van der Waals surface area contributed by atoms with E-state index in [1.807, 2.05) is 6.92 Å². The van der Waals surface area contributed by atoms with Crippen LogP contribution in [0.25, 0.3) is 5.78 Å². The van der Waals surface area contributed by atoms with E-state index < -0.39 is 15.6 Å². The third-order valence-corrected chi connectivity index (χ3v) is 5.47. The van der Waals surface area contributed by atoms with Gasteiger partial charge in [-0.05, 0) is 31.5 Å². The van der Waals surface area contributed by atoms with Crippen LogP contribution in [0, 0.1) is 6.92 Å². The lowest BCUT2D eigenvalue weighted by Gasteiger charge is -2.12. The van der Waals surface area contributed by atoms with Gasteiger partial charge in [-0.1, -0.05) is 18.5 Å². The fourth-order valence-corrected chi connectivity index (χ4v) is 4.13. The van der Waals surface area contributed by atoms with Crippen molar-refractivity contribution in [1.82, 2.24) is 19.6 Å². The van der Waals surface area contributed by atoms with E-state index in [0.29, 0.717) is 12.2 Å². The molecule has 144 valence electrons. The third kappa shape index (κ3) is 3.62. The Morgan fingerprint density at radius 1 is 1.33 bits per heavy atom. The first-order valence-corrected chi connectivity index (χ1v) is 9.97. The SMILES string of the molecule is CCCc1nc2nc(C)c(NS(=O)(=O)c3cc(Cl)ccc3OC)c(=O)n2[nH]1. The Morgan fingerprint density at radius 3 is 2.74 bits per heavy atom. The van der Waals surface area contributed by atoms with Gasteiger partial charge in [0.2, 0.25) is 0 Å². The molecule has 0 unspecified atom stereocenters. The highest BCUT2D eigenvalue weighted by Crippen LogP contribution is 2.28. The van der Waals surface area contributed by atoms with Crippen molar-refractivity contribution in [3.05, 3.63) is 45.1 Å². The molecule has 2 N–H and O–H groups in total. The Bertz CT molecular complexity index is 1170. The molecule has 0 aliphatic heterocycles. The van der Waals surface area contributed by atoms with Gasteiger partial charge in [-0.3, -0.25) is 14.6 Å². The number of benzene rings is 1. The van der Waals surface area contributed by atoms with E-state index in [-0.39, 0.29) is 32.8 Å². The van der Waals surface area contributed by atoms with Gasteiger partial charge in [0, 0.05) is 11.4 Å². The summed E-state index contributed by atoms with van der Waals surface area (Å²) in [4.78, 5) is 21.0. The third-order valence-electron chi connectivity index (χ3n) is 3.86. The molecule has 0 fully saturated rings. The quantitative estimate of drug-likeness (QED) is 0.641. The summed E-state index contributed by atoms with van der Waals surface area (Å²) in [5.41, 5.74) is -0.572. The average molecular weight is 412 g/mol. The number of aromatic amines is 1. The van der Waals surface area contributed by atoms with Crippen molar-refractivity contribution >= 4 is 33.1 Å². The summed E-state index contributed by atoms with van der Waals surface area (Å²) < 4.78 is 34.2. The summed E-state index contributed by atoms with van der Waals surface area (Å²) in [5.74, 6) is 0.882. The maximum absolute atomic E-state index is 12.8. The summed E-state index contributed by atoms with van der Waals surface area (Å²) in [6, 6.07) is 4.19. The minimum atomic E-state index is -4.14. The number of methoxy groups -OCH3 is 1. The molecule has 11 heteroatoms. The van der Waals surface area contributed by atoms with Gasteiger partial charge in [0.05, 0.1) is 12.8 Å². The predicted molar refractivity (Wildman–Crippen MR) is 101 cm³/mol. The molecular weight excluding hydrogens is 394 g/mol. The van der Waals surface area contributed by atoms with Crippen LogP contribution in [0.2, 0.25) is 5.02 Å². The molecule has 0 amide bonds. The van der Waals surface area contributed by atoms with Crippen molar-refractivity contribution in [2.24, 2.45) is 0 Å². The maximum atomic E-state index is 12.8. The molecule has 0 aliphatic rings. The standard InChI is InChI=1S/C16H18ClN5O4S/c1-4-5-13-19-16-18-9(2)14(15(23)22(16)20-13)21-27(24,25)12-8-10(17)6-7-11(12)26-3/h6-8,21H,4-5H2,1-3H3,(H,18,19,20). The lowest BCUT2D eigenvalue weighted by molar-refractivity contribution is 0.403. The summed E-state index contributed by atoms with van der Waals surface area (Å²) in [7, 11) is -2.80. The van der Waals surface area contributed by atoms with Crippen molar-refractivity contribution in [2.45, 2.75) is 31.6 Å². The van der Waals surface area contributed by atoms with Crippen LogP contribution < -0.4 is 15.0 Å². The van der Waals surface area contributed by atoms with Gasteiger partial charge < -0.3 is 4.74 Å². The molecule has 0 aliphatic carbocycles. The zero-order valence-corrected chi connectivity index (χ0v) is 16.5. The zero-order valence-electron chi connectivity index (χ0n) is 14.9. The predicted octanol–water partition coefficient (Wildman–Crippen LogP) is 2.14. The lowest BCUT2D eigenvalue weighted by atomic mass is 10.3. The summed E-state index contributed by atoms with van der Waals surface area (Å²) in [6.07, 6.45) is 1.48. The summed E-state index contributed by atoms with van der Waals surface area (Å²) in [6.45, 7) is 3.51. The molecule has 0 saturated carbocycles. The molecule has 1 aromatic carbocycles. The van der Waals surface area contributed by atoms with Crippen molar-refractivity contribution in [3.63, 3.8) is 0 Å². The molecule has 0 atom stereocenters. The second-order valence-corrected chi connectivity index (χ2v) is 7.92. The van der Waals surface area contributed by atoms with Gasteiger partial charge in [0.15, 0.2) is 0 Å². The fourth-order valence-electron chi connectivity index (χ4n) is 2.58. The highest BCUT2D eigenvalue weighted by Gasteiger charge is 2.24. The Balaban J connectivity index is 2.11. The summed E-state index contributed by atoms with van der Waals surface area (Å²) >= 11 is 5.92. The molecule has 2 aromatic heterocycles. The van der Waals surface area contributed by atoms with Crippen LogP contribution in [0.15, 0.2) is 27.9 Å². The number of halogens is 1. The largest absolute Gasteiger partial charge is 0.495 e. The fraction of sp³-hybridized carbons (Fsp3) is 0.312. The topological polar surface area (TPSA) is 118 Å². The first kappa shape index (κ1) is 19.2. The smallest absolute Gasteiger partial charge is 0.298 e. The second-order valence-electron chi connectivity index (χ2n) is 5.83. The number of hydrogen-bond acceptors (Lipinski definition) is 6. The molecule has 27 heavy (non-hydrogen) atoms. The number of aromatic nitrogens is 4. The Kier molecular flexibility index (Phi) is 5.11. The lowest BCUT2D eigenvalue weighted by Crippen LogP contribution is -2.25. The zero-order chi connectivity index (χ0) is 19.8. The van der Waals surface area contributed by atoms with Crippen molar-refractivity contribution in [2.75, 3.05) is 11.8 Å². The molecule has 2 heterocycles. The van der Waals surface area contributed by atoms with Gasteiger partial charge in [-0.25, -0.2) is 13.4 Å². The van der Waals surface area contributed by atoms with E-state index in [2.05, 4.69) is 19.8 Å². The summed E-state index contributed by atoms with van der Waals surface area (Å²) in [5, 5.41) is 3.06. The van der Waals surface area contributed by atoms with Crippen LogP contribution in [-0.4, -0.2) is 35.1 Å². The highest BCUT2D eigenvalue weighted by atomic mass is 35.5. The second kappa shape index (κ2) is 7.20. The maximum Gasteiger partial charge on any atom is 0.298 e. The molecular formula is C16H18ClN5O4S. The number of aryl methyl sites for hydroxylation is 2. The van der Waals surface area contributed by atoms with Gasteiger partial charge in [0.1, 0.15) is 22.2 Å². The number of anilines is 1. The molecule has 0 spiro atoms. The van der Waals surface area contributed by atoms with Crippen LogP contribution in [0.4, 0.5) is 5.69 Å². The number of nitrogens with one attached hydrogen (secondary N) is 2. The van der Waals surface area contributed by atoms with E-state index in [4.69, 9.17) is 16.3 Å². The van der Waals surface area contributed by atoms with Crippen LogP contribution >= 0.6 is 11.6 Å². The van der Waals surface area contributed by atoms with E-state index >= 15 is 0 Å². The van der Waals surface area contributed by atoms with Crippen LogP contribution in [0.3, 0.4) is 0 Å². The van der Waals surface area contributed by atoms with E-state index in [1.165, 1.54) is 32.2 Å². The van der Waals surface area contributed by atoms with Crippen LogP contribution in [-0.2, 0) is 16.4 Å². The molecule has 3 aromatic rings. The molecule has 3 rings (SSSR count). The number of nitrogens with zero attached hydrogens (tertiary/aromatic N) is 3. The molecule has 0 saturated heterocycles. The van der Waals surface area contributed by atoms with E-state index in [9.17, 15) is 13.2 Å². The minimum absolute atomic E-state index is 0.102. The van der Waals surface area contributed by atoms with Crippen LogP contribution in [0.1, 0.15) is 24.9 Å². The highest BCUT2D eigenvalue weighted by molar-refractivity contribution is 7.92. The number of fused-ring (bicyclic) bond motifs is 1. The number of ether oxygens (including phenoxy) is 1. The van der Waals surface area contributed by atoms with Gasteiger partial charge in [-0.15, -0.1) is 0 Å². The van der Waals surface area contributed by atoms with Gasteiger partial charge in [0.25, 0.3) is 21.4 Å². The first-order chi connectivity index (χ1) is 12.8. The number of H-pyrrole nitrogens is 1. The molecule has 9 nitrogen and oxygen atoms in total. The number of hydrogen-bond donors (Lipinski definition) is 2. The number of rotatable bonds is 6. The van der Waals surface area contributed by atoms with Crippen LogP contribution in [0.5, 0.6) is 5.75 Å². The Hall–Kier alpha value is -2.59. The van der Waals surface area contributed by atoms with Crippen molar-refractivity contribution in [1.29, 1.82) is 0 Å². The Morgan fingerprint density at radius 2 is 2.07 bits per heavy atom. The Labute approximate surface area is 160 Å². The van der Waals surface area contributed by atoms with Gasteiger partial charge in [-0.2, -0.15) is 9.50 Å². The van der Waals surface area contributed by atoms with E-state index in [1.54, 1.807) is 0 Å². The monoisotopic (exact) mass is 411 g/mol. The normalized spacial score (nSPS) is 11.7. The molecule has 0 radical (unpaired) electrons. The average Bonchev–Trinajstić information content (AvgIpc) is 3.01. The van der Waals surface area contributed by atoms with Crippen molar-refractivity contribution < 1.29 is 13.2 Å². The minimum Gasteiger partial charge on any atom is -0.495 e. The van der Waals surface area contributed by atoms with Crippen molar-refractivity contribution in [3.8, 4) is 5.75 Å². The number of sulfonamides is 1. The molecule has 0 bridgehead atoms.